The predicted molar refractivity (Wildman–Crippen MR) is 113 cm³/mol. The van der Waals surface area contributed by atoms with Gasteiger partial charge in [0.1, 0.15) is 5.75 Å². The van der Waals surface area contributed by atoms with Crippen LogP contribution >= 0.6 is 11.8 Å². The van der Waals surface area contributed by atoms with Crippen molar-refractivity contribution in [3.8, 4) is 5.75 Å². The summed E-state index contributed by atoms with van der Waals surface area (Å²) in [6.07, 6.45) is 3.90. The van der Waals surface area contributed by atoms with Gasteiger partial charge in [-0.3, -0.25) is 9.69 Å². The molecule has 0 atom stereocenters. The first-order chi connectivity index (χ1) is 13.1. The number of methoxy groups -OCH3 is 1. The zero-order chi connectivity index (χ0) is 19.2. The first-order valence-electron chi connectivity index (χ1n) is 9.11. The molecule has 27 heavy (non-hydrogen) atoms. The number of aliphatic imine (C=N–C) groups is 1. The number of carbonyl (C=O) groups is 1. The topological polar surface area (TPSA) is 41.9 Å². The van der Waals surface area contributed by atoms with Crippen LogP contribution in [0, 0.1) is 6.92 Å². The van der Waals surface area contributed by atoms with Crippen LogP contribution in [0.3, 0.4) is 0 Å². The maximum atomic E-state index is 12.9. The average molecular weight is 381 g/mol. The van der Waals surface area contributed by atoms with Crippen molar-refractivity contribution >= 4 is 34.6 Å². The number of hydrogen-bond donors (Lipinski definition) is 0. The van der Waals surface area contributed by atoms with Gasteiger partial charge in [-0.05, 0) is 61.0 Å². The van der Waals surface area contributed by atoms with Crippen LogP contribution < -0.4 is 4.74 Å². The van der Waals surface area contributed by atoms with Crippen molar-refractivity contribution in [3.05, 3.63) is 64.6 Å². The average Bonchev–Trinajstić information content (AvgIpc) is 2.97. The molecule has 1 aliphatic rings. The van der Waals surface area contributed by atoms with Gasteiger partial charge in [-0.2, -0.15) is 0 Å². The van der Waals surface area contributed by atoms with Crippen molar-refractivity contribution in [3.63, 3.8) is 0 Å². The first-order valence-corrected chi connectivity index (χ1v) is 9.93. The summed E-state index contributed by atoms with van der Waals surface area (Å²) in [6, 6.07) is 15.7. The highest BCUT2D eigenvalue weighted by Crippen LogP contribution is 2.34. The van der Waals surface area contributed by atoms with Gasteiger partial charge in [0.05, 0.1) is 17.7 Å². The molecular weight excluding hydrogens is 356 g/mol. The minimum absolute atomic E-state index is 0.0233. The standard InChI is InChI=1S/C22H24N2O2S/c1-4-5-14-24-21(25)20(15-17-8-12-19(26-3)13-9-17)27-22(24)23-18-10-6-16(2)7-11-18/h6-13,15H,4-5,14H2,1-3H3/b20-15+,23-22?. The molecule has 4 nitrogen and oxygen atoms in total. The van der Waals surface area contributed by atoms with E-state index in [1.165, 1.54) is 17.3 Å². The van der Waals surface area contributed by atoms with Crippen molar-refractivity contribution < 1.29 is 9.53 Å². The summed E-state index contributed by atoms with van der Waals surface area (Å²) < 4.78 is 5.19. The van der Waals surface area contributed by atoms with Crippen LogP contribution in [-0.2, 0) is 4.79 Å². The van der Waals surface area contributed by atoms with Gasteiger partial charge in [0, 0.05) is 6.54 Å². The van der Waals surface area contributed by atoms with E-state index in [4.69, 9.17) is 9.73 Å². The Balaban J connectivity index is 1.89. The fraction of sp³-hybridized carbons (Fsp3) is 0.273. The van der Waals surface area contributed by atoms with E-state index in [2.05, 4.69) is 6.92 Å². The van der Waals surface area contributed by atoms with Gasteiger partial charge in [-0.15, -0.1) is 0 Å². The lowest BCUT2D eigenvalue weighted by Gasteiger charge is -2.14. The number of unbranched alkanes of at least 4 members (excludes halogenated alkanes) is 1. The van der Waals surface area contributed by atoms with Crippen LogP contribution in [0.5, 0.6) is 5.75 Å². The Bertz CT molecular complexity index is 855. The van der Waals surface area contributed by atoms with Gasteiger partial charge in [0.25, 0.3) is 5.91 Å². The number of aryl methyl sites for hydroxylation is 1. The number of rotatable bonds is 6. The Morgan fingerprint density at radius 3 is 2.44 bits per heavy atom. The number of carbonyl (C=O) groups excluding carboxylic acids is 1. The molecule has 0 N–H and O–H groups in total. The summed E-state index contributed by atoms with van der Waals surface area (Å²) in [4.78, 5) is 20.1. The normalized spacial score (nSPS) is 17.1. The highest BCUT2D eigenvalue weighted by molar-refractivity contribution is 8.18. The molecule has 2 aromatic rings. The predicted octanol–water partition coefficient (Wildman–Crippen LogP) is 5.41. The molecule has 1 amide bonds. The lowest BCUT2D eigenvalue weighted by atomic mass is 10.2. The summed E-state index contributed by atoms with van der Waals surface area (Å²) in [5.41, 5.74) is 3.03. The van der Waals surface area contributed by atoms with Crippen LogP contribution in [0.15, 0.2) is 58.4 Å². The van der Waals surface area contributed by atoms with E-state index in [1.54, 1.807) is 12.0 Å². The van der Waals surface area contributed by atoms with E-state index in [0.29, 0.717) is 11.4 Å². The third-order valence-corrected chi connectivity index (χ3v) is 5.30. The molecule has 140 valence electrons. The number of hydrogen-bond acceptors (Lipinski definition) is 4. The van der Waals surface area contributed by atoms with Gasteiger partial charge in [0.15, 0.2) is 5.17 Å². The minimum atomic E-state index is 0.0233. The van der Waals surface area contributed by atoms with Crippen molar-refractivity contribution in [2.24, 2.45) is 4.99 Å². The second kappa shape index (κ2) is 8.91. The van der Waals surface area contributed by atoms with Crippen molar-refractivity contribution in [1.29, 1.82) is 0 Å². The van der Waals surface area contributed by atoms with Crippen LogP contribution in [-0.4, -0.2) is 29.6 Å². The Morgan fingerprint density at radius 1 is 1.11 bits per heavy atom. The van der Waals surface area contributed by atoms with E-state index < -0.39 is 0 Å². The van der Waals surface area contributed by atoms with Crippen LogP contribution in [0.1, 0.15) is 30.9 Å². The molecular formula is C22H24N2O2S. The first kappa shape index (κ1) is 19.2. The highest BCUT2D eigenvalue weighted by atomic mass is 32.2. The number of nitrogens with zero attached hydrogens (tertiary/aromatic N) is 2. The monoisotopic (exact) mass is 380 g/mol. The Kier molecular flexibility index (Phi) is 6.35. The molecule has 1 saturated heterocycles. The molecule has 0 bridgehead atoms. The summed E-state index contributed by atoms with van der Waals surface area (Å²) in [6.45, 7) is 4.86. The Hall–Kier alpha value is -2.53. The smallest absolute Gasteiger partial charge is 0.266 e. The number of benzene rings is 2. The van der Waals surface area contributed by atoms with E-state index in [9.17, 15) is 4.79 Å². The largest absolute Gasteiger partial charge is 0.497 e. The Labute approximate surface area is 164 Å². The number of thioether (sulfide) groups is 1. The fourth-order valence-corrected chi connectivity index (χ4v) is 3.71. The van der Waals surface area contributed by atoms with Gasteiger partial charge < -0.3 is 4.74 Å². The second-order valence-electron chi connectivity index (χ2n) is 6.42. The highest BCUT2D eigenvalue weighted by Gasteiger charge is 2.32. The Morgan fingerprint density at radius 2 is 1.81 bits per heavy atom. The fourth-order valence-electron chi connectivity index (χ4n) is 2.69. The zero-order valence-electron chi connectivity index (χ0n) is 15.9. The number of amides is 1. The van der Waals surface area contributed by atoms with Gasteiger partial charge in [-0.25, -0.2) is 4.99 Å². The summed E-state index contributed by atoms with van der Waals surface area (Å²) >= 11 is 1.44. The lowest BCUT2D eigenvalue weighted by Crippen LogP contribution is -2.30. The molecule has 0 unspecified atom stereocenters. The zero-order valence-corrected chi connectivity index (χ0v) is 16.8. The molecule has 0 aromatic heterocycles. The lowest BCUT2D eigenvalue weighted by molar-refractivity contribution is -0.122. The quantitative estimate of drug-likeness (QED) is 0.630. The molecule has 1 heterocycles. The van der Waals surface area contributed by atoms with Crippen LogP contribution in [0.2, 0.25) is 0 Å². The van der Waals surface area contributed by atoms with Gasteiger partial charge >= 0.3 is 0 Å². The van der Waals surface area contributed by atoms with E-state index in [-0.39, 0.29) is 5.91 Å². The second-order valence-corrected chi connectivity index (χ2v) is 7.43. The third-order valence-electron chi connectivity index (χ3n) is 4.30. The number of ether oxygens (including phenoxy) is 1. The minimum Gasteiger partial charge on any atom is -0.497 e. The molecule has 0 aliphatic carbocycles. The van der Waals surface area contributed by atoms with Crippen LogP contribution in [0.4, 0.5) is 5.69 Å². The van der Waals surface area contributed by atoms with E-state index in [1.807, 2.05) is 61.5 Å². The van der Waals surface area contributed by atoms with Crippen molar-refractivity contribution in [2.45, 2.75) is 26.7 Å². The van der Waals surface area contributed by atoms with Crippen LogP contribution in [0.25, 0.3) is 6.08 Å². The summed E-state index contributed by atoms with van der Waals surface area (Å²) in [5, 5.41) is 0.747. The van der Waals surface area contributed by atoms with Gasteiger partial charge in [-0.1, -0.05) is 43.2 Å². The molecule has 1 aliphatic heterocycles. The molecule has 3 rings (SSSR count). The molecule has 1 fully saturated rings. The molecule has 5 heteroatoms. The third kappa shape index (κ3) is 4.80. The van der Waals surface area contributed by atoms with Crippen molar-refractivity contribution in [1.82, 2.24) is 4.90 Å². The number of amidine groups is 1. The SMILES string of the molecule is CCCCN1C(=O)/C(=C\c2ccc(OC)cc2)SC1=Nc1ccc(C)cc1. The molecule has 0 radical (unpaired) electrons. The molecule has 0 saturated carbocycles. The van der Waals surface area contributed by atoms with Crippen molar-refractivity contribution in [2.75, 3.05) is 13.7 Å². The van der Waals surface area contributed by atoms with E-state index in [0.717, 1.165) is 35.0 Å². The molecule has 0 spiro atoms. The maximum Gasteiger partial charge on any atom is 0.266 e. The molecule has 2 aromatic carbocycles. The summed E-state index contributed by atoms with van der Waals surface area (Å²) in [5.74, 6) is 0.823. The maximum absolute atomic E-state index is 12.9. The van der Waals surface area contributed by atoms with E-state index >= 15 is 0 Å². The summed E-state index contributed by atoms with van der Waals surface area (Å²) in [7, 11) is 1.64. The van der Waals surface area contributed by atoms with Gasteiger partial charge in [0.2, 0.25) is 0 Å².